The minimum atomic E-state index is 0.265. The van der Waals surface area contributed by atoms with E-state index >= 15 is 0 Å². The van der Waals surface area contributed by atoms with Crippen molar-refractivity contribution in [1.29, 1.82) is 0 Å². The summed E-state index contributed by atoms with van der Waals surface area (Å²) >= 11 is 6.04. The fourth-order valence-corrected chi connectivity index (χ4v) is 1.92. The second-order valence-corrected chi connectivity index (χ2v) is 5.40. The van der Waals surface area contributed by atoms with Crippen molar-refractivity contribution >= 4 is 11.6 Å². The van der Waals surface area contributed by atoms with Crippen LogP contribution in [0.25, 0.3) is 0 Å². The Labute approximate surface area is 109 Å². The second kappa shape index (κ2) is 6.87. The molecule has 0 radical (unpaired) electrons. The fraction of sp³-hybridized carbons (Fsp3) is 0.571. The van der Waals surface area contributed by atoms with E-state index in [1.807, 2.05) is 0 Å². The van der Waals surface area contributed by atoms with Crippen LogP contribution >= 0.6 is 11.6 Å². The topological polar surface area (TPSA) is 32.3 Å². The highest BCUT2D eigenvalue weighted by Crippen LogP contribution is 2.25. The highest BCUT2D eigenvalue weighted by atomic mass is 35.5. The Kier molecular flexibility index (Phi) is 5.79. The summed E-state index contributed by atoms with van der Waals surface area (Å²) in [5.74, 6) is 0.994. The summed E-state index contributed by atoms with van der Waals surface area (Å²) in [6.07, 6.45) is 2.35. The normalized spacial score (nSPS) is 13.0. The maximum absolute atomic E-state index is 9.70. The van der Waals surface area contributed by atoms with Gasteiger partial charge in [0.15, 0.2) is 0 Å². The van der Waals surface area contributed by atoms with Gasteiger partial charge in [-0.3, -0.25) is 0 Å². The van der Waals surface area contributed by atoms with Gasteiger partial charge in [0.1, 0.15) is 5.75 Å². The minimum Gasteiger partial charge on any atom is -0.508 e. The molecule has 1 unspecified atom stereocenters. The van der Waals surface area contributed by atoms with Crippen molar-refractivity contribution in [3.05, 3.63) is 28.8 Å². The average molecular weight is 256 g/mol. The number of hydrogen-bond acceptors (Lipinski definition) is 2. The SMILES string of the molecule is CC(C)CCC(C)NCc1c(O)cccc1Cl. The molecule has 2 N–H and O–H groups in total. The highest BCUT2D eigenvalue weighted by molar-refractivity contribution is 6.31. The molecule has 17 heavy (non-hydrogen) atoms. The van der Waals surface area contributed by atoms with Gasteiger partial charge in [-0.2, -0.15) is 0 Å². The number of nitrogens with one attached hydrogen (secondary N) is 1. The molecule has 0 amide bonds. The molecule has 0 bridgehead atoms. The first kappa shape index (κ1) is 14.3. The van der Waals surface area contributed by atoms with Crippen molar-refractivity contribution in [2.45, 2.75) is 46.2 Å². The summed E-state index contributed by atoms with van der Waals surface area (Å²) in [4.78, 5) is 0. The summed E-state index contributed by atoms with van der Waals surface area (Å²) in [6, 6.07) is 5.66. The van der Waals surface area contributed by atoms with Crippen molar-refractivity contribution < 1.29 is 5.11 Å². The van der Waals surface area contributed by atoms with Crippen molar-refractivity contribution in [3.63, 3.8) is 0 Å². The number of benzene rings is 1. The smallest absolute Gasteiger partial charge is 0.121 e. The molecule has 0 aliphatic rings. The molecule has 1 rings (SSSR count). The lowest BCUT2D eigenvalue weighted by molar-refractivity contribution is 0.436. The molecular formula is C14H22ClNO. The first-order valence-electron chi connectivity index (χ1n) is 6.20. The molecule has 0 saturated heterocycles. The van der Waals surface area contributed by atoms with Crippen molar-refractivity contribution in [1.82, 2.24) is 5.32 Å². The number of hydrogen-bond donors (Lipinski definition) is 2. The van der Waals surface area contributed by atoms with Crippen molar-refractivity contribution in [3.8, 4) is 5.75 Å². The van der Waals surface area contributed by atoms with Gasteiger partial charge >= 0.3 is 0 Å². The van der Waals surface area contributed by atoms with E-state index in [-0.39, 0.29) is 5.75 Å². The third-order valence-electron chi connectivity index (χ3n) is 2.90. The molecule has 2 nitrogen and oxygen atoms in total. The summed E-state index contributed by atoms with van der Waals surface area (Å²) in [5, 5.41) is 13.7. The monoisotopic (exact) mass is 255 g/mol. The van der Waals surface area contributed by atoms with Crippen LogP contribution in [0.3, 0.4) is 0 Å². The van der Waals surface area contributed by atoms with Crippen LogP contribution in [-0.4, -0.2) is 11.1 Å². The Morgan fingerprint density at radius 1 is 1.24 bits per heavy atom. The molecule has 0 aromatic heterocycles. The average Bonchev–Trinajstić information content (AvgIpc) is 2.25. The molecule has 1 aromatic carbocycles. The predicted octanol–water partition coefficient (Wildman–Crippen LogP) is 3.96. The Balaban J connectivity index is 2.44. The van der Waals surface area contributed by atoms with Crippen LogP contribution < -0.4 is 5.32 Å². The van der Waals surface area contributed by atoms with Gasteiger partial charge in [-0.25, -0.2) is 0 Å². The number of phenols is 1. The molecule has 96 valence electrons. The van der Waals surface area contributed by atoms with Gasteiger partial charge in [-0.05, 0) is 37.8 Å². The molecule has 1 atom stereocenters. The van der Waals surface area contributed by atoms with E-state index in [0.717, 1.165) is 17.9 Å². The van der Waals surface area contributed by atoms with Crippen molar-refractivity contribution in [2.75, 3.05) is 0 Å². The summed E-state index contributed by atoms with van der Waals surface area (Å²) in [5.41, 5.74) is 0.783. The van der Waals surface area contributed by atoms with E-state index in [9.17, 15) is 5.11 Å². The van der Waals surface area contributed by atoms with Gasteiger partial charge in [0.2, 0.25) is 0 Å². The molecule has 1 aromatic rings. The summed E-state index contributed by atoms with van der Waals surface area (Å²) in [6.45, 7) is 7.24. The number of rotatable bonds is 6. The number of halogens is 1. The van der Waals surface area contributed by atoms with Gasteiger partial charge in [0.25, 0.3) is 0 Å². The third kappa shape index (κ3) is 4.97. The summed E-state index contributed by atoms with van der Waals surface area (Å²) < 4.78 is 0. The van der Waals surface area contributed by atoms with Crippen LogP contribution in [0, 0.1) is 5.92 Å². The van der Waals surface area contributed by atoms with E-state index in [1.54, 1.807) is 18.2 Å². The van der Waals surface area contributed by atoms with E-state index in [0.29, 0.717) is 17.6 Å². The molecule has 0 spiro atoms. The highest BCUT2D eigenvalue weighted by Gasteiger charge is 2.08. The molecule has 0 fully saturated rings. The fourth-order valence-electron chi connectivity index (χ4n) is 1.68. The zero-order chi connectivity index (χ0) is 12.8. The molecule has 0 heterocycles. The second-order valence-electron chi connectivity index (χ2n) is 4.99. The van der Waals surface area contributed by atoms with Crippen LogP contribution in [0.5, 0.6) is 5.75 Å². The number of aromatic hydroxyl groups is 1. The molecule has 0 saturated carbocycles. The number of phenolic OH excluding ortho intramolecular Hbond substituents is 1. The van der Waals surface area contributed by atoms with E-state index < -0.39 is 0 Å². The quantitative estimate of drug-likeness (QED) is 0.807. The molecular weight excluding hydrogens is 234 g/mol. The van der Waals surface area contributed by atoms with E-state index in [2.05, 4.69) is 26.1 Å². The molecule has 3 heteroatoms. The maximum atomic E-state index is 9.70. The molecule has 0 aliphatic carbocycles. The first-order valence-corrected chi connectivity index (χ1v) is 6.58. The predicted molar refractivity (Wildman–Crippen MR) is 73.5 cm³/mol. The van der Waals surface area contributed by atoms with Crippen LogP contribution in [-0.2, 0) is 6.54 Å². The maximum Gasteiger partial charge on any atom is 0.121 e. The van der Waals surface area contributed by atoms with E-state index in [4.69, 9.17) is 11.6 Å². The third-order valence-corrected chi connectivity index (χ3v) is 3.25. The van der Waals surface area contributed by atoms with Gasteiger partial charge in [-0.1, -0.05) is 31.5 Å². The molecule has 0 aliphatic heterocycles. The first-order chi connectivity index (χ1) is 8.00. The van der Waals surface area contributed by atoms with Gasteiger partial charge in [-0.15, -0.1) is 0 Å². The van der Waals surface area contributed by atoms with Gasteiger partial charge in [0, 0.05) is 23.2 Å². The van der Waals surface area contributed by atoms with Crippen LogP contribution in [0.4, 0.5) is 0 Å². The van der Waals surface area contributed by atoms with Gasteiger partial charge < -0.3 is 10.4 Å². The Bertz CT molecular complexity index is 332. The standard InChI is InChI=1S/C14H22ClNO/c1-10(2)7-8-11(3)16-9-12-13(15)5-4-6-14(12)17/h4-6,10-11,16-17H,7-9H2,1-3H3. The zero-order valence-corrected chi connectivity index (χ0v) is 11.6. The Morgan fingerprint density at radius 2 is 1.94 bits per heavy atom. The summed E-state index contributed by atoms with van der Waals surface area (Å²) in [7, 11) is 0. The van der Waals surface area contributed by atoms with Crippen LogP contribution in [0.15, 0.2) is 18.2 Å². The lowest BCUT2D eigenvalue weighted by Gasteiger charge is -2.16. The zero-order valence-electron chi connectivity index (χ0n) is 10.8. The van der Waals surface area contributed by atoms with Gasteiger partial charge in [0.05, 0.1) is 0 Å². The lowest BCUT2D eigenvalue weighted by atomic mass is 10.0. The largest absolute Gasteiger partial charge is 0.508 e. The van der Waals surface area contributed by atoms with Crippen LogP contribution in [0.2, 0.25) is 5.02 Å². The lowest BCUT2D eigenvalue weighted by Crippen LogP contribution is -2.25. The Hall–Kier alpha value is -0.730. The minimum absolute atomic E-state index is 0.265. The Morgan fingerprint density at radius 3 is 2.53 bits per heavy atom. The van der Waals surface area contributed by atoms with Crippen LogP contribution in [0.1, 0.15) is 39.2 Å². The van der Waals surface area contributed by atoms with E-state index in [1.165, 1.54) is 6.42 Å². The van der Waals surface area contributed by atoms with Crippen molar-refractivity contribution in [2.24, 2.45) is 5.92 Å².